The number of hydrogen-bond donors (Lipinski definition) is 2. The maximum Gasteiger partial charge on any atom is 0.338 e. The molecule has 6 heterocycles. The van der Waals surface area contributed by atoms with Gasteiger partial charge in [0, 0.05) is 47.4 Å². The molecule has 23 heteroatoms. The van der Waals surface area contributed by atoms with Crippen LogP contribution in [-0.4, -0.2) is 103 Å². The van der Waals surface area contributed by atoms with Crippen LogP contribution in [0.4, 0.5) is 13.9 Å². The molecule has 2 saturated heterocycles. The van der Waals surface area contributed by atoms with Gasteiger partial charge in [0.05, 0.1) is 71.6 Å². The van der Waals surface area contributed by atoms with Gasteiger partial charge in [0.2, 0.25) is 11.8 Å². The van der Waals surface area contributed by atoms with Crippen molar-refractivity contribution in [3.63, 3.8) is 0 Å². The van der Waals surface area contributed by atoms with E-state index in [4.69, 9.17) is 18.9 Å². The molecule has 6 atom stereocenters. The quantitative estimate of drug-likeness (QED) is 0.0703. The van der Waals surface area contributed by atoms with Crippen LogP contribution in [0, 0.1) is 23.5 Å². The van der Waals surface area contributed by atoms with E-state index >= 15 is 0 Å². The van der Waals surface area contributed by atoms with Crippen molar-refractivity contribution < 1.29 is 56.5 Å². The maximum absolute atomic E-state index is 13.2. The van der Waals surface area contributed by atoms with Gasteiger partial charge >= 0.3 is 11.9 Å². The van der Waals surface area contributed by atoms with Crippen LogP contribution in [0.15, 0.2) is 81.9 Å². The normalized spacial score (nSPS) is 17.8. The van der Waals surface area contributed by atoms with Crippen LogP contribution in [0.1, 0.15) is 43.8 Å². The van der Waals surface area contributed by atoms with Gasteiger partial charge in [0.1, 0.15) is 17.3 Å². The Balaban J connectivity index is 0.000000199. The highest BCUT2D eigenvalue weighted by Crippen LogP contribution is 2.31. The summed E-state index contributed by atoms with van der Waals surface area (Å²) in [5.41, 5.74) is 7.13. The number of amides is 2. The highest BCUT2D eigenvalue weighted by atomic mass is 32.1. The number of rotatable bonds is 21. The molecule has 0 radical (unpaired) electrons. The van der Waals surface area contributed by atoms with E-state index in [1.807, 2.05) is 10.8 Å². The Labute approximate surface area is 393 Å². The van der Waals surface area contributed by atoms with Crippen molar-refractivity contribution in [2.24, 2.45) is 11.8 Å². The number of ether oxygens (including phenoxy) is 4. The van der Waals surface area contributed by atoms with E-state index in [1.54, 1.807) is 60.7 Å². The number of Topliss-reactive ketones (excluding diaryl/α,β-unsaturated/α-hetero) is 2. The molecular formula is C44H42F2N8O10S3. The third-order valence-corrected chi connectivity index (χ3v) is 12.1. The second-order valence-corrected chi connectivity index (χ2v) is 17.2. The molecule has 2 aliphatic heterocycles. The van der Waals surface area contributed by atoms with Gasteiger partial charge in [-0.3, -0.25) is 19.2 Å². The van der Waals surface area contributed by atoms with Crippen molar-refractivity contribution >= 4 is 74.5 Å². The van der Waals surface area contributed by atoms with Crippen molar-refractivity contribution in [1.29, 1.82) is 0 Å². The SMILES string of the molecule is CCOC(=O)[C@@H]1O[C@H]1C(=O)C[C@@H](Cc1cscn1)C(=O)Nc1nc(-c2ccc(F)cc2)cs1.CCOC(=O)[C@H]1O[C@@H]1C(=O)C[C@@H](Cc1cscn1)C(=O)NCc1cn(-c2ccc(F)cc2)nn1. The summed E-state index contributed by atoms with van der Waals surface area (Å²) in [6, 6.07) is 11.6. The monoisotopic (exact) mass is 976 g/mol. The molecule has 0 spiro atoms. The number of ketones is 2. The van der Waals surface area contributed by atoms with Crippen molar-refractivity contribution in [3.05, 3.63) is 111 Å². The molecule has 67 heavy (non-hydrogen) atoms. The fourth-order valence-electron chi connectivity index (χ4n) is 6.65. The summed E-state index contributed by atoms with van der Waals surface area (Å²) in [4.78, 5) is 87.6. The van der Waals surface area contributed by atoms with Crippen molar-refractivity contribution in [3.8, 4) is 16.9 Å². The largest absolute Gasteiger partial charge is 0.464 e. The number of halogens is 2. The number of carbonyl (C=O) groups is 6. The Morgan fingerprint density at radius 3 is 1.78 bits per heavy atom. The number of anilines is 1. The number of esters is 2. The summed E-state index contributed by atoms with van der Waals surface area (Å²) in [6.07, 6.45) is -1.66. The first-order chi connectivity index (χ1) is 32.4. The number of benzene rings is 2. The van der Waals surface area contributed by atoms with Gasteiger partial charge in [0.25, 0.3) is 0 Å². The average Bonchev–Trinajstić information content (AvgIpc) is 3.90. The number of aromatic nitrogens is 6. The van der Waals surface area contributed by atoms with E-state index in [1.165, 1.54) is 63.0 Å². The predicted molar refractivity (Wildman–Crippen MR) is 238 cm³/mol. The fraction of sp³-hybridized carbons (Fsp3) is 0.341. The molecule has 0 bridgehead atoms. The Hall–Kier alpha value is -6.53. The maximum atomic E-state index is 13.2. The molecule has 0 saturated carbocycles. The van der Waals surface area contributed by atoms with Crippen LogP contribution in [0.3, 0.4) is 0 Å². The third kappa shape index (κ3) is 13.5. The summed E-state index contributed by atoms with van der Waals surface area (Å²) in [5.74, 6) is -4.69. The first-order valence-electron chi connectivity index (χ1n) is 20.8. The number of hydrogen-bond acceptors (Lipinski definition) is 18. The molecule has 0 aliphatic carbocycles. The highest BCUT2D eigenvalue weighted by Gasteiger charge is 2.52. The summed E-state index contributed by atoms with van der Waals surface area (Å²) >= 11 is 4.02. The lowest BCUT2D eigenvalue weighted by atomic mass is 9.94. The van der Waals surface area contributed by atoms with Crippen LogP contribution in [0.5, 0.6) is 0 Å². The Morgan fingerprint density at radius 1 is 0.716 bits per heavy atom. The van der Waals surface area contributed by atoms with Gasteiger partial charge in [-0.15, -0.1) is 39.1 Å². The minimum Gasteiger partial charge on any atom is -0.464 e. The molecule has 2 fully saturated rings. The van der Waals surface area contributed by atoms with Gasteiger partial charge in [-0.1, -0.05) is 5.21 Å². The molecule has 18 nitrogen and oxygen atoms in total. The lowest BCUT2D eigenvalue weighted by molar-refractivity contribution is -0.145. The van der Waals surface area contributed by atoms with Crippen molar-refractivity contribution in [2.45, 2.75) is 70.5 Å². The number of carbonyl (C=O) groups excluding carboxylic acids is 6. The summed E-state index contributed by atoms with van der Waals surface area (Å²) in [6.45, 7) is 3.82. The molecule has 4 aromatic heterocycles. The van der Waals surface area contributed by atoms with Crippen LogP contribution in [0.2, 0.25) is 0 Å². The van der Waals surface area contributed by atoms with E-state index in [0.717, 1.165) is 5.56 Å². The van der Waals surface area contributed by atoms with E-state index in [0.29, 0.717) is 33.6 Å². The average molecular weight is 977 g/mol. The van der Waals surface area contributed by atoms with Crippen molar-refractivity contribution in [1.82, 2.24) is 35.3 Å². The molecule has 6 aromatic rings. The van der Waals surface area contributed by atoms with Crippen LogP contribution < -0.4 is 10.6 Å². The molecular weight excluding hydrogens is 935 g/mol. The first kappa shape index (κ1) is 48.4. The van der Waals surface area contributed by atoms with Gasteiger partial charge in [0.15, 0.2) is 41.1 Å². The van der Waals surface area contributed by atoms with Crippen LogP contribution >= 0.6 is 34.0 Å². The molecule has 2 aliphatic rings. The van der Waals surface area contributed by atoms with Crippen LogP contribution in [-0.2, 0) is 67.1 Å². The van der Waals surface area contributed by atoms with Gasteiger partial charge in [-0.2, -0.15) is 0 Å². The van der Waals surface area contributed by atoms with E-state index in [2.05, 4.69) is 35.9 Å². The summed E-state index contributed by atoms with van der Waals surface area (Å²) in [7, 11) is 0. The Bertz CT molecular complexity index is 2650. The van der Waals surface area contributed by atoms with E-state index in [9.17, 15) is 37.5 Å². The number of thiazole rings is 3. The predicted octanol–water partition coefficient (Wildman–Crippen LogP) is 5.12. The number of nitrogens with one attached hydrogen (secondary N) is 2. The molecule has 8 rings (SSSR count). The van der Waals surface area contributed by atoms with Crippen LogP contribution in [0.25, 0.3) is 16.9 Å². The van der Waals surface area contributed by atoms with Crippen molar-refractivity contribution in [2.75, 3.05) is 18.5 Å². The number of nitrogens with zero attached hydrogens (tertiary/aromatic N) is 6. The second-order valence-electron chi connectivity index (χ2n) is 14.9. The number of epoxide rings is 2. The topological polar surface area (TPSA) is 239 Å². The zero-order valence-electron chi connectivity index (χ0n) is 35.7. The van der Waals surface area contributed by atoms with E-state index in [-0.39, 0.29) is 80.5 Å². The molecule has 2 amide bonds. The summed E-state index contributed by atoms with van der Waals surface area (Å²) < 4.78 is 47.8. The zero-order chi connectivity index (χ0) is 47.5. The zero-order valence-corrected chi connectivity index (χ0v) is 38.2. The lowest BCUT2D eigenvalue weighted by Crippen LogP contribution is -2.34. The van der Waals surface area contributed by atoms with Gasteiger partial charge in [-0.05, 0) is 62.4 Å². The van der Waals surface area contributed by atoms with Gasteiger partial charge < -0.3 is 29.6 Å². The molecule has 350 valence electrons. The lowest BCUT2D eigenvalue weighted by Gasteiger charge is -2.14. The van der Waals surface area contributed by atoms with Gasteiger partial charge in [-0.25, -0.2) is 38.0 Å². The fourth-order valence-corrected chi connectivity index (χ4v) is 8.51. The first-order valence-corrected chi connectivity index (χ1v) is 23.6. The molecule has 0 unspecified atom stereocenters. The standard InChI is InChI=1S/C22H22FN5O5S.C22H20FN3O5S2/c1-2-32-22(31)20-19(33-20)18(29)8-13(7-15-11-34-12-25-15)21(30)24-9-16-10-28(27-26-16)17-5-3-14(23)4-6-17;1-2-30-21(29)19-18(31-19)17(27)8-13(7-15-9-32-11-24-15)20(28)26-22-25-16(10-33-22)12-3-5-14(23)6-4-12/h3-6,10-13,19-20H,2,7-9H2,1H3,(H,24,30);3-6,9-11,13,18-19H,2,7-8H2,1H3,(H,25,26,28)/t13-,19-,20+;13-,18+,19-/m11/s1. The second kappa shape index (κ2) is 22.8. The molecule has 2 N–H and O–H groups in total. The minimum atomic E-state index is -0.906. The van der Waals surface area contributed by atoms with E-state index < -0.39 is 48.2 Å². The summed E-state index contributed by atoms with van der Waals surface area (Å²) in [5, 5.41) is 19.3. The Morgan fingerprint density at radius 2 is 1.25 bits per heavy atom. The smallest absolute Gasteiger partial charge is 0.338 e. The molecule has 2 aromatic carbocycles. The minimum absolute atomic E-state index is 0.0904. The highest BCUT2D eigenvalue weighted by molar-refractivity contribution is 7.14. The Kier molecular flexibility index (Phi) is 16.5. The third-order valence-electron chi connectivity index (χ3n) is 10.1.